The van der Waals surface area contributed by atoms with Gasteiger partial charge < -0.3 is 19.5 Å². The Morgan fingerprint density at radius 2 is 1.78 bits per heavy atom. The zero-order valence-electron chi connectivity index (χ0n) is 29.8. The van der Waals surface area contributed by atoms with Crippen molar-refractivity contribution in [2.24, 2.45) is 0 Å². The van der Waals surface area contributed by atoms with E-state index < -0.39 is 11.6 Å². The lowest BCUT2D eigenvalue weighted by molar-refractivity contribution is -0.200. The van der Waals surface area contributed by atoms with E-state index >= 15 is 4.39 Å². The number of anilines is 2. The number of hydrogen-bond acceptors (Lipinski definition) is 10. The third kappa shape index (κ3) is 9.82. The number of carbonyl (C=O) groups is 1. The number of ether oxygens (including phenoxy) is 1. The van der Waals surface area contributed by atoms with Gasteiger partial charge in [0.25, 0.3) is 0 Å². The summed E-state index contributed by atoms with van der Waals surface area (Å²) in [6.45, 7) is 12.4. The molecule has 0 saturated carbocycles. The third-order valence-corrected chi connectivity index (χ3v) is 9.47. The van der Waals surface area contributed by atoms with E-state index in [4.69, 9.17) is 9.57 Å². The number of benzene rings is 1. The van der Waals surface area contributed by atoms with Gasteiger partial charge in [0.05, 0.1) is 11.7 Å². The minimum absolute atomic E-state index is 0.00529. The van der Waals surface area contributed by atoms with Gasteiger partial charge in [-0.25, -0.2) is 39.0 Å². The maximum atomic E-state index is 15.1. The fourth-order valence-electron chi connectivity index (χ4n) is 6.78. The van der Waals surface area contributed by atoms with Gasteiger partial charge in [0, 0.05) is 70.0 Å². The Hall–Kier alpha value is -4.11. The summed E-state index contributed by atoms with van der Waals surface area (Å²) in [6, 6.07) is 6.91. The highest BCUT2D eigenvalue weighted by atomic mass is 19.1. The molecule has 6 rings (SSSR count). The molecular weight excluding hydrogens is 656 g/mol. The molecule has 14 heteroatoms. The second-order valence-corrected chi connectivity index (χ2v) is 13.7. The monoisotopic (exact) mass is 705 g/mol. The number of fused-ring (bicyclic) bond motifs is 1. The predicted octanol–water partition coefficient (Wildman–Crippen LogP) is 6.44. The highest BCUT2D eigenvalue weighted by Crippen LogP contribution is 2.30. The quantitative estimate of drug-likeness (QED) is 0.106. The molecule has 4 aromatic rings. The topological polar surface area (TPSA) is 123 Å². The molecule has 2 aliphatic heterocycles. The summed E-state index contributed by atoms with van der Waals surface area (Å²) in [7, 11) is 0. The summed E-state index contributed by atoms with van der Waals surface area (Å²) in [6.07, 6.45) is 10.1. The van der Waals surface area contributed by atoms with Crippen molar-refractivity contribution in [3.8, 4) is 11.3 Å². The molecule has 1 atom stereocenters. The van der Waals surface area contributed by atoms with Crippen molar-refractivity contribution in [1.82, 2.24) is 39.8 Å². The summed E-state index contributed by atoms with van der Waals surface area (Å²) >= 11 is 0. The van der Waals surface area contributed by atoms with E-state index in [0.29, 0.717) is 35.8 Å². The molecule has 0 radical (unpaired) electrons. The highest BCUT2D eigenvalue weighted by molar-refractivity contribution is 5.83. The number of pyridine rings is 1. The van der Waals surface area contributed by atoms with E-state index in [1.165, 1.54) is 6.07 Å². The summed E-state index contributed by atoms with van der Waals surface area (Å²) in [5.41, 5.74) is 4.77. The van der Waals surface area contributed by atoms with E-state index in [0.717, 1.165) is 96.0 Å². The van der Waals surface area contributed by atoms with E-state index in [9.17, 15) is 9.18 Å². The molecule has 2 aliphatic rings. The van der Waals surface area contributed by atoms with Gasteiger partial charge in [-0.2, -0.15) is 0 Å². The van der Waals surface area contributed by atoms with Crippen LogP contribution in [0.1, 0.15) is 82.6 Å². The van der Waals surface area contributed by atoms with E-state index in [-0.39, 0.29) is 35.4 Å². The molecule has 12 nitrogen and oxygen atoms in total. The van der Waals surface area contributed by atoms with Gasteiger partial charge >= 0.3 is 0 Å². The first-order chi connectivity index (χ1) is 24.7. The molecule has 0 spiro atoms. The number of imidazole rings is 1. The summed E-state index contributed by atoms with van der Waals surface area (Å²) in [5, 5.41) is 3.06. The van der Waals surface area contributed by atoms with E-state index in [1.54, 1.807) is 6.07 Å². The van der Waals surface area contributed by atoms with Crippen LogP contribution in [0.25, 0.3) is 22.3 Å². The van der Waals surface area contributed by atoms with E-state index in [2.05, 4.69) is 40.5 Å². The molecule has 2 N–H and O–H groups in total. The van der Waals surface area contributed by atoms with Gasteiger partial charge in [-0.3, -0.25) is 9.69 Å². The van der Waals surface area contributed by atoms with Gasteiger partial charge in [-0.15, -0.1) is 0 Å². The van der Waals surface area contributed by atoms with Crippen LogP contribution in [-0.4, -0.2) is 85.8 Å². The van der Waals surface area contributed by atoms with Crippen molar-refractivity contribution in [3.05, 3.63) is 59.7 Å². The molecule has 1 aromatic carbocycles. The average molecular weight is 706 g/mol. The summed E-state index contributed by atoms with van der Waals surface area (Å²) < 4.78 is 37.4. The fourth-order valence-corrected chi connectivity index (χ4v) is 6.78. The van der Waals surface area contributed by atoms with Crippen molar-refractivity contribution in [2.45, 2.75) is 91.0 Å². The number of hydroxylamine groups is 1. The maximum Gasteiger partial charge on any atom is 0.243 e. The van der Waals surface area contributed by atoms with Crippen LogP contribution in [0.4, 0.5) is 20.5 Å². The van der Waals surface area contributed by atoms with Crippen molar-refractivity contribution in [3.63, 3.8) is 0 Å². The largest absolute Gasteiger partial charge is 0.350 e. The van der Waals surface area contributed by atoms with Crippen LogP contribution in [0, 0.1) is 18.6 Å². The first-order valence-electron chi connectivity index (χ1n) is 18.2. The average Bonchev–Trinajstić information content (AvgIpc) is 3.48. The Balaban J connectivity index is 0.916. The molecular formula is C37H49F2N9O3. The molecule has 0 bridgehead atoms. The van der Waals surface area contributed by atoms with Gasteiger partial charge in [-0.05, 0) is 76.8 Å². The first-order valence-corrected chi connectivity index (χ1v) is 18.2. The molecule has 2 fully saturated rings. The number of halogens is 2. The fraction of sp³-hybridized carbons (Fsp3) is 0.541. The number of nitrogens with one attached hydrogen (secondary N) is 2. The van der Waals surface area contributed by atoms with Crippen LogP contribution in [0.3, 0.4) is 0 Å². The van der Waals surface area contributed by atoms with Crippen molar-refractivity contribution in [2.75, 3.05) is 44.6 Å². The lowest BCUT2D eigenvalue weighted by Crippen LogP contribution is -2.46. The number of unbranched alkanes of at least 4 members (excludes halogenated alkanes) is 3. The number of amides is 1. The van der Waals surface area contributed by atoms with Crippen LogP contribution < -0.4 is 10.8 Å². The summed E-state index contributed by atoms with van der Waals surface area (Å²) in [5.74, 6) is 0.124. The Labute approximate surface area is 297 Å². The molecule has 51 heavy (non-hydrogen) atoms. The zero-order chi connectivity index (χ0) is 35.7. The smallest absolute Gasteiger partial charge is 0.243 e. The third-order valence-electron chi connectivity index (χ3n) is 9.47. The van der Waals surface area contributed by atoms with Gasteiger partial charge in [-0.1, -0.05) is 18.9 Å². The van der Waals surface area contributed by atoms with Crippen LogP contribution in [0.2, 0.25) is 0 Å². The molecule has 274 valence electrons. The normalized spacial score (nSPS) is 17.3. The first kappa shape index (κ1) is 36.7. The van der Waals surface area contributed by atoms with Gasteiger partial charge in [0.2, 0.25) is 11.9 Å². The molecule has 0 aliphatic carbocycles. The van der Waals surface area contributed by atoms with Crippen molar-refractivity contribution < 1.29 is 23.1 Å². The molecule has 1 amide bonds. The van der Waals surface area contributed by atoms with Crippen LogP contribution in [-0.2, 0) is 20.9 Å². The Morgan fingerprint density at radius 1 is 0.980 bits per heavy atom. The van der Waals surface area contributed by atoms with Crippen LogP contribution in [0.15, 0.2) is 36.7 Å². The second kappa shape index (κ2) is 17.4. The highest BCUT2D eigenvalue weighted by Gasteiger charge is 2.20. The number of carbonyl (C=O) groups excluding carboxylic acids is 1. The SMILES string of the molecule is Cc1nc2c(F)cc(-c3nc(Nc4ccc(CN5CCN(CCCCCCC(=O)NOC6CCCCO6)CC5)cn4)ncc3F)cc2n1C(C)C. The van der Waals surface area contributed by atoms with Gasteiger partial charge in [0.15, 0.2) is 17.9 Å². The molecule has 5 heterocycles. The zero-order valence-corrected chi connectivity index (χ0v) is 29.8. The number of aryl methyl sites for hydroxylation is 1. The predicted molar refractivity (Wildman–Crippen MR) is 191 cm³/mol. The van der Waals surface area contributed by atoms with Crippen molar-refractivity contribution >= 4 is 28.7 Å². The lowest BCUT2D eigenvalue weighted by atomic mass is 10.1. The number of nitrogens with zero attached hydrogens (tertiary/aromatic N) is 7. The number of aromatic nitrogens is 5. The maximum absolute atomic E-state index is 15.1. The minimum atomic E-state index is -0.650. The van der Waals surface area contributed by atoms with E-state index in [1.807, 2.05) is 43.7 Å². The van der Waals surface area contributed by atoms with Crippen molar-refractivity contribution in [1.29, 1.82) is 0 Å². The Bertz CT molecular complexity index is 1750. The number of piperazine rings is 1. The number of rotatable bonds is 15. The number of hydrogen-bond donors (Lipinski definition) is 2. The Kier molecular flexibility index (Phi) is 12.5. The summed E-state index contributed by atoms with van der Waals surface area (Å²) in [4.78, 5) is 39.7. The molecule has 1 unspecified atom stereocenters. The van der Waals surface area contributed by atoms with Crippen LogP contribution in [0.5, 0.6) is 0 Å². The standard InChI is InChI=1S/C37H49F2N9O3/c1-25(2)48-26(3)42-36-29(38)20-28(21-31(36)48)35-30(39)23-41-37(44-35)43-32-13-12-27(22-40-32)24-47-17-15-46(16-18-47)14-8-5-4-6-10-33(49)45-51-34-11-7-9-19-50-34/h12-13,20-23,25,34H,4-11,14-19,24H2,1-3H3,(H,45,49)(H,40,41,43,44). The second-order valence-electron chi connectivity index (χ2n) is 13.7. The van der Waals surface area contributed by atoms with Gasteiger partial charge in [0.1, 0.15) is 22.9 Å². The molecule has 2 saturated heterocycles. The lowest BCUT2D eigenvalue weighted by Gasteiger charge is -2.34. The van der Waals surface area contributed by atoms with Crippen LogP contribution >= 0.6 is 0 Å². The minimum Gasteiger partial charge on any atom is -0.350 e. The Morgan fingerprint density at radius 3 is 2.53 bits per heavy atom. The molecule has 3 aromatic heterocycles.